The fourth-order valence-electron chi connectivity index (χ4n) is 3.62. The van der Waals surface area contributed by atoms with Crippen molar-refractivity contribution in [3.63, 3.8) is 0 Å². The molecule has 0 spiro atoms. The van der Waals surface area contributed by atoms with Gasteiger partial charge in [-0.05, 0) is 49.1 Å². The lowest BCUT2D eigenvalue weighted by Gasteiger charge is -2.27. The highest BCUT2D eigenvalue weighted by Crippen LogP contribution is 2.38. The number of hydrogen-bond donors (Lipinski definition) is 1. The molecule has 128 valence electrons. The second kappa shape index (κ2) is 6.23. The molecule has 1 aliphatic carbocycles. The van der Waals surface area contributed by atoms with Gasteiger partial charge in [0.1, 0.15) is 0 Å². The van der Waals surface area contributed by atoms with Crippen LogP contribution in [0.3, 0.4) is 0 Å². The van der Waals surface area contributed by atoms with Crippen molar-refractivity contribution in [3.05, 3.63) is 59.2 Å². The fourth-order valence-corrected chi connectivity index (χ4v) is 4.55. The first-order valence-electron chi connectivity index (χ1n) is 8.51. The maximum absolute atomic E-state index is 13.0. The molecule has 0 radical (unpaired) electrons. The number of carbonyl (C=O) groups excluding carboxylic acids is 2. The van der Waals surface area contributed by atoms with Gasteiger partial charge in [0.15, 0.2) is 0 Å². The van der Waals surface area contributed by atoms with E-state index in [2.05, 4.69) is 17.4 Å². The summed E-state index contributed by atoms with van der Waals surface area (Å²) in [6, 6.07) is 14.0. The van der Waals surface area contributed by atoms with Crippen LogP contribution in [0.15, 0.2) is 47.4 Å². The molecule has 2 amide bonds. The van der Waals surface area contributed by atoms with Gasteiger partial charge in [-0.15, -0.1) is 11.8 Å². The molecule has 2 aliphatic rings. The molecule has 5 heteroatoms. The van der Waals surface area contributed by atoms with Crippen LogP contribution in [0.2, 0.25) is 0 Å². The summed E-state index contributed by atoms with van der Waals surface area (Å²) in [5.74, 6) is -0.0254. The lowest BCUT2D eigenvalue weighted by Crippen LogP contribution is -2.31. The van der Waals surface area contributed by atoms with Gasteiger partial charge in [-0.3, -0.25) is 9.59 Å². The molecule has 0 fully saturated rings. The van der Waals surface area contributed by atoms with E-state index in [0.717, 1.165) is 23.4 Å². The summed E-state index contributed by atoms with van der Waals surface area (Å²) in [5, 5.41) is 2.79. The van der Waals surface area contributed by atoms with Crippen LogP contribution in [0.25, 0.3) is 0 Å². The Bertz CT molecular complexity index is 865. The standard InChI is InChI=1S/C20H20N2O2S/c1-12-19(23)21-16-11-14(8-10-18(16)25-12)20(24)22(2)17-9-7-13-5-3-4-6-15(13)17/h3-6,8,10-12,17H,7,9H2,1-2H3,(H,21,23)/t12-,17+/m0/s1. The minimum atomic E-state index is -0.105. The molecule has 2 aromatic rings. The van der Waals surface area contributed by atoms with Crippen molar-refractivity contribution in [1.82, 2.24) is 4.90 Å². The van der Waals surface area contributed by atoms with E-state index < -0.39 is 0 Å². The molecule has 0 saturated heterocycles. The minimum absolute atomic E-state index is 0.0117. The van der Waals surface area contributed by atoms with Crippen molar-refractivity contribution in [1.29, 1.82) is 0 Å². The van der Waals surface area contributed by atoms with Crippen molar-refractivity contribution in [2.75, 3.05) is 12.4 Å². The zero-order valence-corrected chi connectivity index (χ0v) is 15.1. The van der Waals surface area contributed by atoms with Crippen LogP contribution in [0.5, 0.6) is 0 Å². The van der Waals surface area contributed by atoms with E-state index in [1.54, 1.807) is 6.07 Å². The van der Waals surface area contributed by atoms with Gasteiger partial charge in [0, 0.05) is 17.5 Å². The van der Waals surface area contributed by atoms with Gasteiger partial charge in [-0.2, -0.15) is 0 Å². The van der Waals surface area contributed by atoms with E-state index in [1.807, 2.05) is 43.1 Å². The quantitative estimate of drug-likeness (QED) is 0.892. The van der Waals surface area contributed by atoms with Gasteiger partial charge in [0.05, 0.1) is 17.0 Å². The second-order valence-electron chi connectivity index (χ2n) is 6.63. The fraction of sp³-hybridized carbons (Fsp3) is 0.300. The number of aryl methyl sites for hydroxylation is 1. The summed E-state index contributed by atoms with van der Waals surface area (Å²) in [6.07, 6.45) is 1.96. The Morgan fingerprint density at radius 2 is 2.04 bits per heavy atom. The molecule has 1 N–H and O–H groups in total. The molecule has 2 aromatic carbocycles. The zero-order chi connectivity index (χ0) is 17.6. The molecule has 2 atom stereocenters. The van der Waals surface area contributed by atoms with E-state index in [-0.39, 0.29) is 23.1 Å². The molecule has 25 heavy (non-hydrogen) atoms. The van der Waals surface area contributed by atoms with E-state index in [4.69, 9.17) is 0 Å². The van der Waals surface area contributed by atoms with Gasteiger partial charge < -0.3 is 10.2 Å². The Balaban J connectivity index is 1.60. The zero-order valence-electron chi connectivity index (χ0n) is 14.3. The predicted molar refractivity (Wildman–Crippen MR) is 100.0 cm³/mol. The van der Waals surface area contributed by atoms with Gasteiger partial charge in [-0.25, -0.2) is 0 Å². The number of thioether (sulfide) groups is 1. The summed E-state index contributed by atoms with van der Waals surface area (Å²) in [4.78, 5) is 27.7. The normalized spacial score (nSPS) is 21.3. The first-order valence-corrected chi connectivity index (χ1v) is 9.39. The molecule has 1 aliphatic heterocycles. The maximum atomic E-state index is 13.0. The average molecular weight is 352 g/mol. The number of anilines is 1. The monoisotopic (exact) mass is 352 g/mol. The number of fused-ring (bicyclic) bond motifs is 2. The van der Waals surface area contributed by atoms with E-state index >= 15 is 0 Å². The molecule has 4 rings (SSSR count). The second-order valence-corrected chi connectivity index (χ2v) is 8.01. The number of rotatable bonds is 2. The molecular formula is C20H20N2O2S. The lowest BCUT2D eigenvalue weighted by atomic mass is 10.1. The van der Waals surface area contributed by atoms with Gasteiger partial charge >= 0.3 is 0 Å². The first kappa shape index (κ1) is 16.2. The van der Waals surface area contributed by atoms with Crippen LogP contribution in [0.1, 0.15) is 40.9 Å². The Kier molecular flexibility index (Phi) is 4.04. The van der Waals surface area contributed by atoms with Crippen molar-refractivity contribution in [2.45, 2.75) is 36.0 Å². The Morgan fingerprint density at radius 1 is 1.24 bits per heavy atom. The Morgan fingerprint density at radius 3 is 2.88 bits per heavy atom. The molecule has 1 heterocycles. The van der Waals surface area contributed by atoms with Crippen LogP contribution in [0, 0.1) is 0 Å². The largest absolute Gasteiger partial charge is 0.335 e. The molecule has 0 saturated carbocycles. The highest BCUT2D eigenvalue weighted by molar-refractivity contribution is 8.00. The lowest BCUT2D eigenvalue weighted by molar-refractivity contribution is -0.115. The van der Waals surface area contributed by atoms with Crippen molar-refractivity contribution < 1.29 is 9.59 Å². The Hall–Kier alpha value is -2.27. The third-order valence-electron chi connectivity index (χ3n) is 5.05. The number of carbonyl (C=O) groups is 2. The summed E-state index contributed by atoms with van der Waals surface area (Å²) < 4.78 is 0. The number of hydrogen-bond acceptors (Lipinski definition) is 3. The van der Waals surface area contributed by atoms with E-state index in [0.29, 0.717) is 5.56 Å². The predicted octanol–water partition coefficient (Wildman–Crippen LogP) is 3.88. The van der Waals surface area contributed by atoms with Gasteiger partial charge in [-0.1, -0.05) is 24.3 Å². The van der Waals surface area contributed by atoms with E-state index in [9.17, 15) is 9.59 Å². The number of amides is 2. The van der Waals surface area contributed by atoms with Crippen LogP contribution in [0.4, 0.5) is 5.69 Å². The van der Waals surface area contributed by atoms with Gasteiger partial charge in [0.2, 0.25) is 5.91 Å². The maximum Gasteiger partial charge on any atom is 0.254 e. The highest BCUT2D eigenvalue weighted by atomic mass is 32.2. The van der Waals surface area contributed by atoms with Crippen LogP contribution in [-0.2, 0) is 11.2 Å². The summed E-state index contributed by atoms with van der Waals surface area (Å²) in [7, 11) is 1.87. The smallest absolute Gasteiger partial charge is 0.254 e. The molecule has 0 aromatic heterocycles. The first-order chi connectivity index (χ1) is 12.0. The minimum Gasteiger partial charge on any atom is -0.335 e. The number of benzene rings is 2. The number of nitrogens with zero attached hydrogens (tertiary/aromatic N) is 1. The van der Waals surface area contributed by atoms with Crippen molar-refractivity contribution in [2.24, 2.45) is 0 Å². The summed E-state index contributed by atoms with van der Waals surface area (Å²) >= 11 is 1.53. The SMILES string of the molecule is C[C@@H]1Sc2ccc(C(=O)N(C)[C@@H]3CCc4ccccc43)cc2NC1=O. The van der Waals surface area contributed by atoms with E-state index in [1.165, 1.54) is 22.9 Å². The molecule has 0 unspecified atom stereocenters. The molecule has 0 bridgehead atoms. The average Bonchev–Trinajstić information content (AvgIpc) is 3.05. The Labute approximate surface area is 151 Å². The van der Waals surface area contributed by atoms with Crippen LogP contribution >= 0.6 is 11.8 Å². The van der Waals surface area contributed by atoms with Gasteiger partial charge in [0.25, 0.3) is 5.91 Å². The highest BCUT2D eigenvalue weighted by Gasteiger charge is 2.30. The molecule has 4 nitrogen and oxygen atoms in total. The van der Waals surface area contributed by atoms with Crippen LogP contribution in [-0.4, -0.2) is 29.0 Å². The topological polar surface area (TPSA) is 49.4 Å². The molecular weight excluding hydrogens is 332 g/mol. The third-order valence-corrected chi connectivity index (χ3v) is 6.22. The third kappa shape index (κ3) is 2.82. The number of nitrogens with one attached hydrogen (secondary N) is 1. The summed E-state index contributed by atoms with van der Waals surface area (Å²) in [6.45, 7) is 1.88. The van der Waals surface area contributed by atoms with Crippen LogP contribution < -0.4 is 5.32 Å². The van der Waals surface area contributed by atoms with Crippen molar-refractivity contribution >= 4 is 29.3 Å². The summed E-state index contributed by atoms with van der Waals surface area (Å²) in [5.41, 5.74) is 3.92. The van der Waals surface area contributed by atoms with Crippen molar-refractivity contribution in [3.8, 4) is 0 Å².